The van der Waals surface area contributed by atoms with Crippen molar-refractivity contribution in [3.63, 3.8) is 0 Å². The predicted octanol–water partition coefficient (Wildman–Crippen LogP) is 2.95. The summed E-state index contributed by atoms with van der Waals surface area (Å²) in [6.07, 6.45) is 1.81. The quantitative estimate of drug-likeness (QED) is 0.727. The second-order valence-corrected chi connectivity index (χ2v) is 2.20. The van der Waals surface area contributed by atoms with Crippen LogP contribution in [0.15, 0.2) is 42.6 Å². The number of aromatic nitrogens is 1. The van der Waals surface area contributed by atoms with Crippen LogP contribution in [0.2, 0.25) is 0 Å². The Bertz CT molecular complexity index is 284. The maximum absolute atomic E-state index is 4.18. The average Bonchev–Trinajstić information content (AvgIpc) is 2.05. The van der Waals surface area contributed by atoms with Crippen molar-refractivity contribution in [1.29, 1.82) is 0 Å². The first-order valence-electron chi connectivity index (χ1n) is 3.26. The fourth-order valence-corrected chi connectivity index (χ4v) is 1.02. The van der Waals surface area contributed by atoms with Gasteiger partial charge in [-0.05, 0) is 12.1 Å². The Balaban J connectivity index is 0.000000605. The normalized spacial score (nSPS) is 8.33. The van der Waals surface area contributed by atoms with Gasteiger partial charge in [0, 0.05) is 11.6 Å². The summed E-state index contributed by atoms with van der Waals surface area (Å²) in [6, 6.07) is 12.1. The van der Waals surface area contributed by atoms with Crippen molar-refractivity contribution in [1.82, 2.24) is 4.98 Å². The summed E-state index contributed by atoms with van der Waals surface area (Å²) in [5.41, 5.74) is 1.06. The first-order valence-corrected chi connectivity index (χ1v) is 3.26. The molecule has 0 aliphatic rings. The molecule has 0 aliphatic carbocycles. The maximum Gasteiger partial charge on any atom is 2.00 e. The third kappa shape index (κ3) is 2.13. The molecule has 0 bridgehead atoms. The molecular formula is C9H9N2Pt+. The van der Waals surface area contributed by atoms with Crippen LogP contribution in [0.25, 0.3) is 17.1 Å². The van der Waals surface area contributed by atoms with E-state index in [4.69, 9.17) is 0 Å². The summed E-state index contributed by atoms with van der Waals surface area (Å²) in [4.78, 5) is 4.18. The van der Waals surface area contributed by atoms with Gasteiger partial charge in [0.25, 0.3) is 0 Å². The minimum atomic E-state index is 0. The Morgan fingerprint density at radius 1 is 0.917 bits per heavy atom. The van der Waals surface area contributed by atoms with Crippen LogP contribution >= 0.6 is 0 Å². The molecule has 2 aromatic rings. The van der Waals surface area contributed by atoms with Crippen LogP contribution in [0.1, 0.15) is 0 Å². The van der Waals surface area contributed by atoms with E-state index in [9.17, 15) is 0 Å². The molecule has 0 spiro atoms. The third-order valence-corrected chi connectivity index (χ3v) is 1.51. The van der Waals surface area contributed by atoms with Crippen LogP contribution in [-0.2, 0) is 21.1 Å². The largest absolute Gasteiger partial charge is 2.00 e. The van der Waals surface area contributed by atoms with Crippen LogP contribution in [0.5, 0.6) is 0 Å². The first-order chi connectivity index (χ1) is 4.97. The SMILES string of the molecule is [NH2-].[Pt+2].c1ccc2ncccc2c1. The minimum absolute atomic E-state index is 0. The number of fused-ring (bicyclic) bond motifs is 1. The number of benzene rings is 1. The zero-order valence-electron chi connectivity index (χ0n) is 6.38. The summed E-state index contributed by atoms with van der Waals surface area (Å²) >= 11 is 0. The molecule has 1 heterocycles. The third-order valence-electron chi connectivity index (χ3n) is 1.51. The molecule has 2 N–H and O–H groups in total. The van der Waals surface area contributed by atoms with Gasteiger partial charge in [-0.25, -0.2) is 0 Å². The molecule has 0 radical (unpaired) electrons. The molecule has 0 aliphatic heterocycles. The molecule has 0 fully saturated rings. The van der Waals surface area contributed by atoms with Gasteiger partial charge in [-0.15, -0.1) is 0 Å². The summed E-state index contributed by atoms with van der Waals surface area (Å²) < 4.78 is 0. The van der Waals surface area contributed by atoms with E-state index in [2.05, 4.69) is 17.1 Å². The van der Waals surface area contributed by atoms with E-state index < -0.39 is 0 Å². The number of nitrogens with two attached hydrogens (primary N) is 1. The molecule has 64 valence electrons. The zero-order valence-corrected chi connectivity index (χ0v) is 8.65. The summed E-state index contributed by atoms with van der Waals surface area (Å²) in [5.74, 6) is 0. The fraction of sp³-hybridized carbons (Fsp3) is 0. The van der Waals surface area contributed by atoms with Gasteiger partial charge in [0.1, 0.15) is 0 Å². The van der Waals surface area contributed by atoms with Gasteiger partial charge in [0.15, 0.2) is 0 Å². The van der Waals surface area contributed by atoms with Crippen LogP contribution in [0.3, 0.4) is 0 Å². The van der Waals surface area contributed by atoms with E-state index in [1.165, 1.54) is 5.39 Å². The summed E-state index contributed by atoms with van der Waals surface area (Å²) in [7, 11) is 0. The summed E-state index contributed by atoms with van der Waals surface area (Å²) in [6.45, 7) is 0. The van der Waals surface area contributed by atoms with E-state index in [1.54, 1.807) is 0 Å². The van der Waals surface area contributed by atoms with Gasteiger partial charge in [0.05, 0.1) is 5.52 Å². The van der Waals surface area contributed by atoms with Crippen molar-refractivity contribution in [3.8, 4) is 0 Å². The van der Waals surface area contributed by atoms with E-state index >= 15 is 0 Å². The van der Waals surface area contributed by atoms with Crippen molar-refractivity contribution >= 4 is 10.9 Å². The van der Waals surface area contributed by atoms with Crippen molar-refractivity contribution in [2.45, 2.75) is 0 Å². The molecule has 0 unspecified atom stereocenters. The minimum Gasteiger partial charge on any atom is -0.693 e. The number of nitrogens with zero attached hydrogens (tertiary/aromatic N) is 1. The Kier molecular flexibility index (Phi) is 4.72. The van der Waals surface area contributed by atoms with Gasteiger partial charge in [0.2, 0.25) is 0 Å². The Labute approximate surface area is 85.9 Å². The number of hydrogen-bond acceptors (Lipinski definition) is 1. The summed E-state index contributed by atoms with van der Waals surface area (Å²) in [5, 5.41) is 1.20. The number of hydrogen-bond donors (Lipinski definition) is 0. The topological polar surface area (TPSA) is 46.4 Å². The zero-order chi connectivity index (χ0) is 6.81. The van der Waals surface area contributed by atoms with Gasteiger partial charge in [-0.2, -0.15) is 0 Å². The Morgan fingerprint density at radius 2 is 1.58 bits per heavy atom. The fourth-order valence-electron chi connectivity index (χ4n) is 1.02. The van der Waals surface area contributed by atoms with Crippen molar-refractivity contribution < 1.29 is 21.1 Å². The monoisotopic (exact) mass is 340 g/mol. The second-order valence-electron chi connectivity index (χ2n) is 2.20. The van der Waals surface area contributed by atoms with E-state index in [0.717, 1.165) is 5.52 Å². The van der Waals surface area contributed by atoms with Crippen LogP contribution in [0.4, 0.5) is 0 Å². The second kappa shape index (κ2) is 5.02. The average molecular weight is 340 g/mol. The first kappa shape index (κ1) is 11.3. The molecule has 1 aromatic heterocycles. The van der Waals surface area contributed by atoms with Gasteiger partial charge < -0.3 is 6.15 Å². The standard InChI is InChI=1S/C9H7N.H2N.Pt/c1-2-6-9-8(4-1)5-3-7-10-9;;/h1-7H;1H2;/q;-1;+2. The predicted molar refractivity (Wildman–Crippen MR) is 47.0 cm³/mol. The molecular weight excluding hydrogens is 331 g/mol. The number of pyridine rings is 1. The Hall–Kier alpha value is -0.722. The van der Waals surface area contributed by atoms with Crippen molar-refractivity contribution in [2.24, 2.45) is 0 Å². The smallest absolute Gasteiger partial charge is 0.693 e. The van der Waals surface area contributed by atoms with Crippen molar-refractivity contribution in [3.05, 3.63) is 48.7 Å². The number of para-hydroxylation sites is 1. The molecule has 3 heteroatoms. The molecule has 2 rings (SSSR count). The molecule has 1 aromatic carbocycles. The molecule has 0 saturated carbocycles. The molecule has 0 amide bonds. The molecule has 12 heavy (non-hydrogen) atoms. The Morgan fingerprint density at radius 3 is 2.33 bits per heavy atom. The van der Waals surface area contributed by atoms with E-state index in [1.807, 2.05) is 30.5 Å². The van der Waals surface area contributed by atoms with Crippen LogP contribution in [0, 0.1) is 0 Å². The maximum atomic E-state index is 4.18. The van der Waals surface area contributed by atoms with Gasteiger partial charge >= 0.3 is 21.1 Å². The van der Waals surface area contributed by atoms with Crippen LogP contribution in [-0.4, -0.2) is 4.98 Å². The van der Waals surface area contributed by atoms with Gasteiger partial charge in [-0.3, -0.25) is 4.98 Å². The van der Waals surface area contributed by atoms with Crippen LogP contribution < -0.4 is 0 Å². The van der Waals surface area contributed by atoms with E-state index in [-0.39, 0.29) is 27.2 Å². The molecule has 0 atom stereocenters. The molecule has 2 nitrogen and oxygen atoms in total. The number of rotatable bonds is 0. The molecule has 0 saturated heterocycles. The van der Waals surface area contributed by atoms with Crippen molar-refractivity contribution in [2.75, 3.05) is 0 Å². The van der Waals surface area contributed by atoms with Gasteiger partial charge in [-0.1, -0.05) is 24.3 Å². The van der Waals surface area contributed by atoms with E-state index in [0.29, 0.717) is 0 Å².